The molecular weight excluding hydrogens is 388 g/mol. The summed E-state index contributed by atoms with van der Waals surface area (Å²) in [5, 5.41) is 0. The summed E-state index contributed by atoms with van der Waals surface area (Å²) >= 11 is 0. The number of nitrogens with zero attached hydrogens (tertiary/aromatic N) is 4. The first-order valence-corrected chi connectivity index (χ1v) is 10.2. The molecular formula is C25H24N4O2. The molecule has 6 nitrogen and oxygen atoms in total. The van der Waals surface area contributed by atoms with Gasteiger partial charge in [0.1, 0.15) is 11.4 Å². The largest absolute Gasteiger partial charge is 0.465 e. The van der Waals surface area contributed by atoms with Gasteiger partial charge >= 0.3 is 5.97 Å². The van der Waals surface area contributed by atoms with E-state index >= 15 is 0 Å². The Kier molecular flexibility index (Phi) is 6.25. The number of anilines is 1. The number of likely N-dealkylation sites (N-methyl/N-ethyl adjacent to an activating group) is 1. The number of esters is 1. The number of rotatable bonds is 3. The predicted octanol–water partition coefficient (Wildman–Crippen LogP) is 3.08. The summed E-state index contributed by atoms with van der Waals surface area (Å²) in [5.74, 6) is 6.56. The lowest BCUT2D eigenvalue weighted by molar-refractivity contribution is 0.0601. The lowest BCUT2D eigenvalue weighted by Gasteiger charge is -2.34. The van der Waals surface area contributed by atoms with Gasteiger partial charge in [0.25, 0.3) is 0 Å². The van der Waals surface area contributed by atoms with Crippen LogP contribution in [-0.4, -0.2) is 61.2 Å². The van der Waals surface area contributed by atoms with Gasteiger partial charge in [0.15, 0.2) is 0 Å². The fourth-order valence-corrected chi connectivity index (χ4v) is 3.47. The first kappa shape index (κ1) is 20.6. The lowest BCUT2D eigenvalue weighted by Crippen LogP contribution is -2.45. The van der Waals surface area contributed by atoms with E-state index in [2.05, 4.69) is 38.7 Å². The van der Waals surface area contributed by atoms with Crippen molar-refractivity contribution in [1.82, 2.24) is 14.9 Å². The third kappa shape index (κ3) is 4.90. The number of pyridine rings is 2. The third-order valence-electron chi connectivity index (χ3n) is 5.31. The molecule has 0 aliphatic carbocycles. The van der Waals surface area contributed by atoms with Crippen molar-refractivity contribution in [2.24, 2.45) is 0 Å². The number of carbonyl (C=O) groups is 1. The van der Waals surface area contributed by atoms with Crippen molar-refractivity contribution in [3.8, 4) is 23.0 Å². The number of benzene rings is 1. The fourth-order valence-electron chi connectivity index (χ4n) is 3.47. The molecule has 0 atom stereocenters. The summed E-state index contributed by atoms with van der Waals surface area (Å²) in [6.45, 7) is 3.53. The predicted molar refractivity (Wildman–Crippen MR) is 121 cm³/mol. The van der Waals surface area contributed by atoms with Crippen LogP contribution in [0.2, 0.25) is 0 Å². The van der Waals surface area contributed by atoms with Crippen LogP contribution >= 0.6 is 0 Å². The molecule has 2 aromatic heterocycles. The SMILES string of the molecule is COC(=O)c1cc(-c2ccc(C#Cc3cccnc3)cc2)cnc1N1CCN(C)CC1. The Morgan fingerprint density at radius 3 is 2.39 bits per heavy atom. The molecule has 0 bridgehead atoms. The molecule has 6 heteroatoms. The van der Waals surface area contributed by atoms with E-state index in [-0.39, 0.29) is 5.97 Å². The second kappa shape index (κ2) is 9.41. The highest BCUT2D eigenvalue weighted by atomic mass is 16.5. The average Bonchev–Trinajstić information content (AvgIpc) is 2.83. The first-order valence-electron chi connectivity index (χ1n) is 10.2. The quantitative estimate of drug-likeness (QED) is 0.487. The van der Waals surface area contributed by atoms with Crippen LogP contribution in [0.15, 0.2) is 61.1 Å². The molecule has 0 saturated carbocycles. The molecule has 0 N–H and O–H groups in total. The minimum atomic E-state index is -0.373. The summed E-state index contributed by atoms with van der Waals surface area (Å²) in [6.07, 6.45) is 5.28. The van der Waals surface area contributed by atoms with E-state index in [9.17, 15) is 4.79 Å². The van der Waals surface area contributed by atoms with Crippen molar-refractivity contribution in [1.29, 1.82) is 0 Å². The topological polar surface area (TPSA) is 58.6 Å². The Labute approximate surface area is 182 Å². The zero-order chi connectivity index (χ0) is 21.6. The number of ether oxygens (including phenoxy) is 1. The Morgan fingerprint density at radius 2 is 1.71 bits per heavy atom. The van der Waals surface area contributed by atoms with Crippen LogP contribution in [0.3, 0.4) is 0 Å². The van der Waals surface area contributed by atoms with E-state index in [1.54, 1.807) is 12.4 Å². The summed E-state index contributed by atoms with van der Waals surface area (Å²) in [6, 6.07) is 13.6. The van der Waals surface area contributed by atoms with Gasteiger partial charge in [0.2, 0.25) is 0 Å². The molecule has 1 aliphatic heterocycles. The number of hydrogen-bond acceptors (Lipinski definition) is 6. The fraction of sp³-hybridized carbons (Fsp3) is 0.240. The molecule has 0 unspecified atom stereocenters. The zero-order valence-electron chi connectivity index (χ0n) is 17.7. The van der Waals surface area contributed by atoms with Crippen molar-refractivity contribution in [2.75, 3.05) is 45.2 Å². The second-order valence-corrected chi connectivity index (χ2v) is 7.45. The smallest absolute Gasteiger partial charge is 0.341 e. The van der Waals surface area contributed by atoms with Crippen molar-refractivity contribution < 1.29 is 9.53 Å². The third-order valence-corrected chi connectivity index (χ3v) is 5.31. The highest BCUT2D eigenvalue weighted by Crippen LogP contribution is 2.27. The van der Waals surface area contributed by atoms with Gasteiger partial charge in [0, 0.05) is 61.5 Å². The summed E-state index contributed by atoms with van der Waals surface area (Å²) in [5.41, 5.74) is 4.10. The summed E-state index contributed by atoms with van der Waals surface area (Å²) < 4.78 is 5.03. The molecule has 0 amide bonds. The van der Waals surface area contributed by atoms with Gasteiger partial charge in [-0.15, -0.1) is 0 Å². The molecule has 1 saturated heterocycles. The van der Waals surface area contributed by atoms with E-state index < -0.39 is 0 Å². The highest BCUT2D eigenvalue weighted by Gasteiger charge is 2.22. The van der Waals surface area contributed by atoms with Gasteiger partial charge in [-0.05, 0) is 42.9 Å². The van der Waals surface area contributed by atoms with Crippen molar-refractivity contribution in [2.45, 2.75) is 0 Å². The standard InChI is InChI=1S/C25H24N4O2/c1-28-12-14-29(15-13-28)24-23(25(30)31-2)16-22(18-27-24)21-9-7-19(8-10-21)5-6-20-4-3-11-26-17-20/h3-4,7-11,16-18H,12-15H2,1-2H3. The molecule has 31 heavy (non-hydrogen) atoms. The number of hydrogen-bond donors (Lipinski definition) is 0. The number of piperazine rings is 1. The van der Waals surface area contributed by atoms with Crippen LogP contribution in [0.1, 0.15) is 21.5 Å². The van der Waals surface area contributed by atoms with Crippen LogP contribution in [0.5, 0.6) is 0 Å². The van der Waals surface area contributed by atoms with Crippen molar-refractivity contribution in [3.63, 3.8) is 0 Å². The van der Waals surface area contributed by atoms with Crippen LogP contribution in [0.25, 0.3) is 11.1 Å². The molecule has 156 valence electrons. The van der Waals surface area contributed by atoms with Crippen LogP contribution in [0, 0.1) is 11.8 Å². The maximum Gasteiger partial charge on any atom is 0.341 e. The number of methoxy groups -OCH3 is 1. The highest BCUT2D eigenvalue weighted by molar-refractivity contribution is 5.96. The normalized spacial score (nSPS) is 13.9. The molecule has 1 aliphatic rings. The molecule has 1 aromatic carbocycles. The van der Waals surface area contributed by atoms with Crippen LogP contribution in [-0.2, 0) is 4.74 Å². The van der Waals surface area contributed by atoms with Crippen LogP contribution in [0.4, 0.5) is 5.82 Å². The average molecular weight is 412 g/mol. The Bertz CT molecular complexity index is 1110. The monoisotopic (exact) mass is 412 g/mol. The second-order valence-electron chi connectivity index (χ2n) is 7.45. The number of carbonyl (C=O) groups excluding carboxylic acids is 1. The first-order chi connectivity index (χ1) is 15.1. The van der Waals surface area contributed by atoms with Gasteiger partial charge in [-0.3, -0.25) is 4.98 Å². The molecule has 4 rings (SSSR count). The van der Waals surface area contributed by atoms with Gasteiger partial charge in [-0.1, -0.05) is 24.0 Å². The van der Waals surface area contributed by atoms with Crippen molar-refractivity contribution >= 4 is 11.8 Å². The lowest BCUT2D eigenvalue weighted by atomic mass is 10.0. The Morgan fingerprint density at radius 1 is 0.968 bits per heavy atom. The zero-order valence-corrected chi connectivity index (χ0v) is 17.7. The molecule has 1 fully saturated rings. The Hall–Kier alpha value is -3.69. The van der Waals surface area contributed by atoms with E-state index in [4.69, 9.17) is 4.74 Å². The van der Waals surface area contributed by atoms with E-state index in [0.29, 0.717) is 11.4 Å². The van der Waals surface area contributed by atoms with E-state index in [0.717, 1.165) is 48.4 Å². The maximum absolute atomic E-state index is 12.5. The molecule has 3 aromatic rings. The van der Waals surface area contributed by atoms with Gasteiger partial charge in [-0.2, -0.15) is 0 Å². The summed E-state index contributed by atoms with van der Waals surface area (Å²) in [4.78, 5) is 25.6. The summed E-state index contributed by atoms with van der Waals surface area (Å²) in [7, 11) is 3.50. The van der Waals surface area contributed by atoms with E-state index in [1.807, 2.05) is 48.7 Å². The minimum absolute atomic E-state index is 0.373. The maximum atomic E-state index is 12.5. The van der Waals surface area contributed by atoms with Gasteiger partial charge < -0.3 is 14.5 Å². The number of aromatic nitrogens is 2. The van der Waals surface area contributed by atoms with Crippen molar-refractivity contribution in [3.05, 3.63) is 77.7 Å². The Balaban J connectivity index is 1.59. The van der Waals surface area contributed by atoms with Crippen LogP contribution < -0.4 is 4.90 Å². The minimum Gasteiger partial charge on any atom is -0.465 e. The van der Waals surface area contributed by atoms with Gasteiger partial charge in [0.05, 0.1) is 7.11 Å². The van der Waals surface area contributed by atoms with Gasteiger partial charge in [-0.25, -0.2) is 9.78 Å². The molecule has 0 radical (unpaired) electrons. The molecule has 3 heterocycles. The molecule has 0 spiro atoms. The van der Waals surface area contributed by atoms with E-state index in [1.165, 1.54) is 7.11 Å².